The van der Waals surface area contributed by atoms with Crippen LogP contribution in [-0.2, 0) is 20.9 Å². The highest BCUT2D eigenvalue weighted by molar-refractivity contribution is 5.77. The lowest BCUT2D eigenvalue weighted by atomic mass is 9.65. The number of nitrogens with zero attached hydrogens (tertiary/aromatic N) is 3. The summed E-state index contributed by atoms with van der Waals surface area (Å²) < 4.78 is 63.5. The molecule has 14 heteroatoms. The normalized spacial score (nSPS) is 19.3. The summed E-state index contributed by atoms with van der Waals surface area (Å²) in [5.74, 6) is -4.54. The molecule has 1 saturated carbocycles. The fourth-order valence-corrected chi connectivity index (χ4v) is 4.98. The maximum Gasteiger partial charge on any atom is 0.490 e. The number of carboxylic acids is 2. The third-order valence-electron chi connectivity index (χ3n) is 7.36. The lowest BCUT2D eigenvalue weighted by Gasteiger charge is -2.46. The summed E-state index contributed by atoms with van der Waals surface area (Å²) in [6.45, 7) is 5.13. The Balaban J connectivity index is 0.000000333. The van der Waals surface area contributed by atoms with Crippen molar-refractivity contribution in [1.29, 1.82) is 0 Å². The maximum absolute atomic E-state index is 12.4. The van der Waals surface area contributed by atoms with E-state index >= 15 is 0 Å². The van der Waals surface area contributed by atoms with Crippen molar-refractivity contribution in [2.45, 2.75) is 63.8 Å². The first-order valence-electron chi connectivity index (χ1n) is 12.8. The summed E-state index contributed by atoms with van der Waals surface area (Å²) in [7, 11) is 0. The van der Waals surface area contributed by atoms with E-state index in [1.165, 1.54) is 57.2 Å². The highest BCUT2D eigenvalue weighted by Crippen LogP contribution is 2.47. The first kappa shape index (κ1) is 33.0. The highest BCUT2D eigenvalue weighted by atomic mass is 19.4. The number of likely N-dealkylation sites (tertiary alicyclic amines) is 1. The number of aliphatic carboxylic acids is 2. The van der Waals surface area contributed by atoms with Crippen molar-refractivity contribution >= 4 is 17.8 Å². The Bertz CT molecular complexity index is 966. The molecule has 2 aliphatic heterocycles. The lowest BCUT2D eigenvalue weighted by Crippen LogP contribution is -2.42. The number of hydrogen-bond donors (Lipinski definition) is 2. The molecule has 0 aromatic carbocycles. The molecule has 0 atom stereocenters. The number of pyridine rings is 1. The fourth-order valence-electron chi connectivity index (χ4n) is 4.98. The van der Waals surface area contributed by atoms with Crippen molar-refractivity contribution in [2.75, 3.05) is 26.2 Å². The van der Waals surface area contributed by atoms with Gasteiger partial charge in [0.2, 0.25) is 5.91 Å². The number of piperidine rings is 1. The fraction of sp³-hybridized carbons (Fsp3) is 0.615. The van der Waals surface area contributed by atoms with Crippen LogP contribution in [0.2, 0.25) is 0 Å². The van der Waals surface area contributed by atoms with Gasteiger partial charge in [0, 0.05) is 38.4 Å². The summed E-state index contributed by atoms with van der Waals surface area (Å²) in [6, 6.07) is 4.25. The lowest BCUT2D eigenvalue weighted by molar-refractivity contribution is -0.193. The van der Waals surface area contributed by atoms with Crippen molar-refractivity contribution in [1.82, 2.24) is 14.8 Å². The van der Waals surface area contributed by atoms with Crippen molar-refractivity contribution < 1.29 is 50.9 Å². The van der Waals surface area contributed by atoms with E-state index in [0.717, 1.165) is 26.1 Å². The zero-order valence-electron chi connectivity index (χ0n) is 21.8. The van der Waals surface area contributed by atoms with E-state index in [9.17, 15) is 31.1 Å². The van der Waals surface area contributed by atoms with E-state index in [1.54, 1.807) is 0 Å². The molecule has 2 fully saturated rings. The van der Waals surface area contributed by atoms with Crippen LogP contribution in [0.3, 0.4) is 0 Å². The standard InChI is InChI=1S/C22H31N3O.2C2HF3O2/c26-21(25-13-1-2-14-25)17-19-3-7-22(8-4-19)9-15-24(16-10-22)18-20-5-11-23-12-6-20;2*3-2(4,5)1(6)7/h1-2,5-6,11-12,19H,3-4,7-10,13-18H2;2*(H,6,7). The molecular weight excluding hydrogens is 548 g/mol. The number of carbonyl (C=O) groups excluding carboxylic acids is 1. The summed E-state index contributed by atoms with van der Waals surface area (Å²) in [4.78, 5) is 38.9. The topological polar surface area (TPSA) is 111 Å². The molecule has 8 nitrogen and oxygen atoms in total. The predicted molar refractivity (Wildman–Crippen MR) is 131 cm³/mol. The van der Waals surface area contributed by atoms with Crippen LogP contribution in [0.25, 0.3) is 0 Å². The van der Waals surface area contributed by atoms with E-state index in [4.69, 9.17) is 19.8 Å². The summed E-state index contributed by atoms with van der Waals surface area (Å²) >= 11 is 0. The van der Waals surface area contributed by atoms with Crippen LogP contribution in [0, 0.1) is 11.3 Å². The third kappa shape index (κ3) is 11.1. The molecule has 1 aliphatic carbocycles. The van der Waals surface area contributed by atoms with Gasteiger partial charge < -0.3 is 15.1 Å². The Hall–Kier alpha value is -3.16. The number of rotatable bonds is 4. The summed E-state index contributed by atoms with van der Waals surface area (Å²) in [5, 5.41) is 14.2. The SMILES string of the molecule is O=C(CC1CCC2(CC1)CCN(Cc1ccncc1)CC2)N1CC=CC1.O=C(O)C(F)(F)F.O=C(O)C(F)(F)F. The van der Waals surface area contributed by atoms with Gasteiger partial charge in [0.05, 0.1) is 0 Å². The van der Waals surface area contributed by atoms with Crippen LogP contribution in [0.5, 0.6) is 0 Å². The molecule has 1 saturated heterocycles. The van der Waals surface area contributed by atoms with Crippen molar-refractivity contribution in [3.8, 4) is 0 Å². The zero-order chi connectivity index (χ0) is 30.0. The van der Waals surface area contributed by atoms with Gasteiger partial charge in [-0.15, -0.1) is 0 Å². The second-order valence-electron chi connectivity index (χ2n) is 10.2. The van der Waals surface area contributed by atoms with Gasteiger partial charge in [0.15, 0.2) is 0 Å². The minimum atomic E-state index is -5.08. The van der Waals surface area contributed by atoms with Crippen LogP contribution in [-0.4, -0.2) is 81.4 Å². The van der Waals surface area contributed by atoms with Gasteiger partial charge in [-0.3, -0.25) is 14.7 Å². The Morgan fingerprint density at radius 2 is 1.30 bits per heavy atom. The molecule has 1 aromatic heterocycles. The van der Waals surface area contributed by atoms with E-state index < -0.39 is 24.3 Å². The van der Waals surface area contributed by atoms with Crippen LogP contribution in [0.15, 0.2) is 36.7 Å². The minimum absolute atomic E-state index is 0.364. The second kappa shape index (κ2) is 14.5. The maximum atomic E-state index is 12.4. The average Bonchev–Trinajstić information content (AvgIpc) is 3.43. The summed E-state index contributed by atoms with van der Waals surface area (Å²) in [6.07, 6.45) is 6.40. The molecule has 1 aromatic rings. The van der Waals surface area contributed by atoms with E-state index in [0.29, 0.717) is 17.2 Å². The van der Waals surface area contributed by atoms with Gasteiger partial charge >= 0.3 is 24.3 Å². The Kier molecular flexibility index (Phi) is 12.0. The second-order valence-corrected chi connectivity index (χ2v) is 10.2. The van der Waals surface area contributed by atoms with Crippen LogP contribution in [0.1, 0.15) is 50.5 Å². The summed E-state index contributed by atoms with van der Waals surface area (Å²) in [5.41, 5.74) is 1.93. The number of halogens is 6. The third-order valence-corrected chi connectivity index (χ3v) is 7.36. The van der Waals surface area contributed by atoms with Gasteiger partial charge in [0.1, 0.15) is 0 Å². The Morgan fingerprint density at radius 3 is 1.73 bits per heavy atom. The molecule has 4 rings (SSSR count). The number of carboxylic acid groups (broad SMARTS) is 2. The Morgan fingerprint density at radius 1 is 0.850 bits per heavy atom. The Labute approximate surface area is 227 Å². The monoisotopic (exact) mass is 581 g/mol. The smallest absolute Gasteiger partial charge is 0.475 e. The molecule has 224 valence electrons. The van der Waals surface area contributed by atoms with Crippen molar-refractivity contribution in [2.24, 2.45) is 11.3 Å². The first-order chi connectivity index (χ1) is 18.6. The zero-order valence-corrected chi connectivity index (χ0v) is 21.8. The number of hydrogen-bond acceptors (Lipinski definition) is 5. The number of aromatic nitrogens is 1. The first-order valence-corrected chi connectivity index (χ1v) is 12.8. The van der Waals surface area contributed by atoms with Gasteiger partial charge in [-0.2, -0.15) is 26.3 Å². The van der Waals surface area contributed by atoms with Crippen molar-refractivity contribution in [3.05, 3.63) is 42.2 Å². The largest absolute Gasteiger partial charge is 0.490 e. The molecular formula is C26H33F6N3O5. The number of amides is 1. The quantitative estimate of drug-likeness (QED) is 0.384. The molecule has 0 unspecified atom stereocenters. The van der Waals surface area contributed by atoms with Gasteiger partial charge in [-0.25, -0.2) is 9.59 Å². The van der Waals surface area contributed by atoms with Gasteiger partial charge in [0.25, 0.3) is 0 Å². The minimum Gasteiger partial charge on any atom is -0.475 e. The van der Waals surface area contributed by atoms with E-state index in [2.05, 4.69) is 34.2 Å². The van der Waals surface area contributed by atoms with Crippen molar-refractivity contribution in [3.63, 3.8) is 0 Å². The van der Waals surface area contributed by atoms with Crippen LogP contribution < -0.4 is 0 Å². The van der Waals surface area contributed by atoms with Gasteiger partial charge in [-0.05, 0) is 80.6 Å². The van der Waals surface area contributed by atoms with E-state index in [1.807, 2.05) is 17.3 Å². The predicted octanol–water partition coefficient (Wildman–Crippen LogP) is 4.91. The highest BCUT2D eigenvalue weighted by Gasteiger charge is 2.40. The molecule has 0 bridgehead atoms. The van der Waals surface area contributed by atoms with Gasteiger partial charge in [-0.1, -0.05) is 12.2 Å². The molecule has 3 aliphatic rings. The van der Waals surface area contributed by atoms with Crippen LogP contribution in [0.4, 0.5) is 26.3 Å². The average molecular weight is 582 g/mol. The van der Waals surface area contributed by atoms with E-state index in [-0.39, 0.29) is 0 Å². The number of alkyl halides is 6. The number of carbonyl (C=O) groups is 3. The van der Waals surface area contributed by atoms with Crippen LogP contribution >= 0.6 is 0 Å². The molecule has 1 amide bonds. The molecule has 3 heterocycles. The molecule has 0 radical (unpaired) electrons. The molecule has 40 heavy (non-hydrogen) atoms. The molecule has 1 spiro atoms. The molecule has 2 N–H and O–H groups in total.